The number of rotatable bonds is 4. The SMILES string of the molecule is Cc1ccc(O)c(C)c1NC(=O)c1cnc(Nc2ncnc3sccc23)s1. The van der Waals surface area contributed by atoms with Gasteiger partial charge in [0.15, 0.2) is 5.13 Å². The fourth-order valence-corrected chi connectivity index (χ4v) is 4.07. The Labute approximate surface area is 162 Å². The molecule has 3 N–H and O–H groups in total. The molecule has 0 bridgehead atoms. The largest absolute Gasteiger partial charge is 0.508 e. The van der Waals surface area contributed by atoms with Crippen LogP contribution in [0.3, 0.4) is 0 Å². The van der Waals surface area contributed by atoms with E-state index in [1.165, 1.54) is 35.2 Å². The van der Waals surface area contributed by atoms with E-state index in [1.807, 2.05) is 18.4 Å². The Morgan fingerprint density at radius 2 is 2.00 bits per heavy atom. The molecule has 27 heavy (non-hydrogen) atoms. The lowest BCUT2D eigenvalue weighted by molar-refractivity contribution is 0.103. The van der Waals surface area contributed by atoms with Gasteiger partial charge in [-0.2, -0.15) is 0 Å². The average Bonchev–Trinajstić information content (AvgIpc) is 3.32. The van der Waals surface area contributed by atoms with Gasteiger partial charge >= 0.3 is 0 Å². The number of thiazole rings is 1. The third kappa shape index (κ3) is 3.34. The number of hydrogen-bond acceptors (Lipinski definition) is 8. The molecule has 0 saturated carbocycles. The molecular weight excluding hydrogens is 382 g/mol. The summed E-state index contributed by atoms with van der Waals surface area (Å²) in [7, 11) is 0. The first-order chi connectivity index (χ1) is 13.0. The van der Waals surface area contributed by atoms with E-state index in [2.05, 4.69) is 25.6 Å². The zero-order chi connectivity index (χ0) is 19.0. The number of fused-ring (bicyclic) bond motifs is 1. The molecule has 3 aromatic heterocycles. The molecule has 3 heterocycles. The van der Waals surface area contributed by atoms with Crippen molar-refractivity contribution in [3.8, 4) is 5.75 Å². The maximum absolute atomic E-state index is 12.6. The van der Waals surface area contributed by atoms with Crippen LogP contribution in [0.25, 0.3) is 10.2 Å². The maximum Gasteiger partial charge on any atom is 0.267 e. The number of benzene rings is 1. The summed E-state index contributed by atoms with van der Waals surface area (Å²) in [6.07, 6.45) is 3.01. The number of amides is 1. The second kappa shape index (κ2) is 6.93. The molecule has 136 valence electrons. The Hall–Kier alpha value is -3.04. The van der Waals surface area contributed by atoms with Crippen molar-refractivity contribution in [3.05, 3.63) is 52.1 Å². The maximum atomic E-state index is 12.6. The molecule has 0 fully saturated rings. The summed E-state index contributed by atoms with van der Waals surface area (Å²) in [6, 6.07) is 5.32. The number of phenols is 1. The number of nitrogens with one attached hydrogen (secondary N) is 2. The predicted octanol–water partition coefficient (Wildman–Crippen LogP) is 4.47. The van der Waals surface area contributed by atoms with Gasteiger partial charge in [-0.15, -0.1) is 11.3 Å². The molecule has 4 rings (SSSR count). The molecule has 1 amide bonds. The van der Waals surface area contributed by atoms with Crippen LogP contribution in [-0.2, 0) is 0 Å². The summed E-state index contributed by atoms with van der Waals surface area (Å²) in [5.41, 5.74) is 2.12. The molecule has 0 aliphatic rings. The summed E-state index contributed by atoms with van der Waals surface area (Å²) >= 11 is 2.76. The fraction of sp³-hybridized carbons (Fsp3) is 0.111. The van der Waals surface area contributed by atoms with Gasteiger partial charge in [-0.3, -0.25) is 4.79 Å². The lowest BCUT2D eigenvalue weighted by Gasteiger charge is -2.11. The number of nitrogens with zero attached hydrogens (tertiary/aromatic N) is 3. The van der Waals surface area contributed by atoms with Crippen LogP contribution in [0.4, 0.5) is 16.6 Å². The molecule has 0 spiro atoms. The minimum absolute atomic E-state index is 0.145. The van der Waals surface area contributed by atoms with E-state index in [9.17, 15) is 9.90 Å². The number of aryl methyl sites for hydroxylation is 1. The van der Waals surface area contributed by atoms with Crippen LogP contribution >= 0.6 is 22.7 Å². The normalized spacial score (nSPS) is 10.9. The second-order valence-corrected chi connectivity index (χ2v) is 7.80. The van der Waals surface area contributed by atoms with Gasteiger partial charge in [0.25, 0.3) is 5.91 Å². The molecule has 9 heteroatoms. The third-order valence-corrected chi connectivity index (χ3v) is 5.83. The topological polar surface area (TPSA) is 100 Å². The monoisotopic (exact) mass is 397 g/mol. The number of thiophene rings is 1. The Morgan fingerprint density at radius 1 is 1.15 bits per heavy atom. The minimum Gasteiger partial charge on any atom is -0.508 e. The van der Waals surface area contributed by atoms with Crippen molar-refractivity contribution < 1.29 is 9.90 Å². The van der Waals surface area contributed by atoms with E-state index < -0.39 is 0 Å². The summed E-state index contributed by atoms with van der Waals surface area (Å²) in [5.74, 6) is 0.522. The smallest absolute Gasteiger partial charge is 0.267 e. The number of carbonyl (C=O) groups excluding carboxylic acids is 1. The zero-order valence-corrected chi connectivity index (χ0v) is 16.1. The van der Waals surface area contributed by atoms with E-state index in [1.54, 1.807) is 19.1 Å². The van der Waals surface area contributed by atoms with Gasteiger partial charge in [-0.05, 0) is 36.9 Å². The lowest BCUT2D eigenvalue weighted by atomic mass is 10.1. The number of hydrogen-bond donors (Lipinski definition) is 3. The van der Waals surface area contributed by atoms with Crippen LogP contribution in [0, 0.1) is 13.8 Å². The number of aromatic hydroxyl groups is 1. The molecule has 7 nitrogen and oxygen atoms in total. The fourth-order valence-electron chi connectivity index (χ4n) is 2.63. The van der Waals surface area contributed by atoms with Crippen LogP contribution in [-0.4, -0.2) is 26.0 Å². The Kier molecular flexibility index (Phi) is 4.46. The third-order valence-electron chi connectivity index (χ3n) is 4.10. The highest BCUT2D eigenvalue weighted by Gasteiger charge is 2.15. The van der Waals surface area contributed by atoms with E-state index in [-0.39, 0.29) is 11.7 Å². The highest BCUT2D eigenvalue weighted by atomic mass is 32.1. The quantitative estimate of drug-likeness (QED) is 0.470. The first-order valence-electron chi connectivity index (χ1n) is 8.04. The first kappa shape index (κ1) is 17.4. The summed E-state index contributed by atoms with van der Waals surface area (Å²) < 4.78 is 0. The van der Waals surface area contributed by atoms with Gasteiger partial charge in [0, 0.05) is 5.56 Å². The van der Waals surface area contributed by atoms with Gasteiger partial charge in [0.2, 0.25) is 0 Å². The standard InChI is InChI=1S/C18H15N5O2S2/c1-9-3-4-12(24)10(2)14(9)22-16(25)13-7-19-18(27-13)23-15-11-5-6-26-17(11)21-8-20-15/h3-8,24H,1-2H3,(H,22,25)(H,19,20,21,23). The molecule has 4 aromatic rings. The van der Waals surface area contributed by atoms with Crippen molar-refractivity contribution in [2.75, 3.05) is 10.6 Å². The molecule has 0 radical (unpaired) electrons. The van der Waals surface area contributed by atoms with Gasteiger partial charge in [-0.25, -0.2) is 15.0 Å². The van der Waals surface area contributed by atoms with E-state index in [0.717, 1.165) is 15.8 Å². The molecule has 0 unspecified atom stereocenters. The van der Waals surface area contributed by atoms with Crippen LogP contribution in [0.5, 0.6) is 5.75 Å². The van der Waals surface area contributed by atoms with Crippen molar-refractivity contribution in [1.29, 1.82) is 0 Å². The van der Waals surface area contributed by atoms with Gasteiger partial charge in [0.05, 0.1) is 17.3 Å². The van der Waals surface area contributed by atoms with Crippen molar-refractivity contribution in [2.24, 2.45) is 0 Å². The average molecular weight is 397 g/mol. The second-order valence-electron chi connectivity index (χ2n) is 5.87. The predicted molar refractivity (Wildman–Crippen MR) is 108 cm³/mol. The Bertz CT molecular complexity index is 1150. The number of aromatic nitrogens is 3. The van der Waals surface area contributed by atoms with E-state index in [0.29, 0.717) is 27.1 Å². The summed E-state index contributed by atoms with van der Waals surface area (Å²) in [4.78, 5) is 26.7. The van der Waals surface area contributed by atoms with Crippen molar-refractivity contribution in [3.63, 3.8) is 0 Å². The van der Waals surface area contributed by atoms with Crippen LogP contribution in [0.2, 0.25) is 0 Å². The van der Waals surface area contributed by atoms with Crippen molar-refractivity contribution >= 4 is 55.4 Å². The Balaban J connectivity index is 1.55. The summed E-state index contributed by atoms with van der Waals surface area (Å²) in [5, 5.41) is 19.3. The van der Waals surface area contributed by atoms with Crippen molar-refractivity contribution in [2.45, 2.75) is 13.8 Å². The van der Waals surface area contributed by atoms with Crippen molar-refractivity contribution in [1.82, 2.24) is 15.0 Å². The highest BCUT2D eigenvalue weighted by molar-refractivity contribution is 7.17. The molecule has 1 aromatic carbocycles. The molecule has 0 saturated heterocycles. The zero-order valence-electron chi connectivity index (χ0n) is 14.5. The van der Waals surface area contributed by atoms with Crippen LogP contribution in [0.15, 0.2) is 36.1 Å². The highest BCUT2D eigenvalue weighted by Crippen LogP contribution is 2.31. The van der Waals surface area contributed by atoms with Gasteiger partial charge in [0.1, 0.15) is 27.6 Å². The number of carbonyl (C=O) groups is 1. The first-order valence-corrected chi connectivity index (χ1v) is 9.74. The molecule has 0 aliphatic heterocycles. The van der Waals surface area contributed by atoms with Crippen LogP contribution in [0.1, 0.15) is 20.8 Å². The van der Waals surface area contributed by atoms with Crippen LogP contribution < -0.4 is 10.6 Å². The van der Waals surface area contributed by atoms with Gasteiger partial charge < -0.3 is 15.7 Å². The van der Waals surface area contributed by atoms with E-state index in [4.69, 9.17) is 0 Å². The molecule has 0 atom stereocenters. The number of phenolic OH excluding ortho intramolecular Hbond substituents is 1. The minimum atomic E-state index is -0.277. The summed E-state index contributed by atoms with van der Waals surface area (Å²) in [6.45, 7) is 3.64. The van der Waals surface area contributed by atoms with E-state index >= 15 is 0 Å². The Morgan fingerprint density at radius 3 is 2.85 bits per heavy atom. The molecular formula is C18H15N5O2S2. The number of anilines is 3. The lowest BCUT2D eigenvalue weighted by Crippen LogP contribution is -2.12. The van der Waals surface area contributed by atoms with Gasteiger partial charge in [-0.1, -0.05) is 17.4 Å². The molecule has 0 aliphatic carbocycles.